The van der Waals surface area contributed by atoms with Gasteiger partial charge in [-0.15, -0.1) is 0 Å². The van der Waals surface area contributed by atoms with Gasteiger partial charge < -0.3 is 4.74 Å². The van der Waals surface area contributed by atoms with Gasteiger partial charge >= 0.3 is 0 Å². The number of fused-ring (bicyclic) bond motifs is 1. The summed E-state index contributed by atoms with van der Waals surface area (Å²) >= 11 is 0. The van der Waals surface area contributed by atoms with E-state index >= 15 is 0 Å². The second-order valence-electron chi connectivity index (χ2n) is 5.39. The van der Waals surface area contributed by atoms with Crippen LogP contribution < -0.4 is 4.74 Å². The Hall–Kier alpha value is -1.05. The monoisotopic (exact) mass is 208 g/mol. The molecule has 0 fully saturated rings. The fraction of sp³-hybridized carbons (Fsp3) is 0.538. The average molecular weight is 208 g/mol. The van der Waals surface area contributed by atoms with Crippen molar-refractivity contribution >= 4 is 0 Å². The second-order valence-corrected chi connectivity index (χ2v) is 5.39. The molecule has 2 rings (SSSR count). The summed E-state index contributed by atoms with van der Waals surface area (Å²) in [4.78, 5) is 0. The maximum atomic E-state index is 13.7. The van der Waals surface area contributed by atoms with Crippen molar-refractivity contribution in [1.29, 1.82) is 0 Å². The first-order valence-corrected chi connectivity index (χ1v) is 5.40. The van der Waals surface area contributed by atoms with Crippen molar-refractivity contribution in [3.05, 3.63) is 29.1 Å². The molecule has 0 radical (unpaired) electrons. The Balaban J connectivity index is 2.33. The van der Waals surface area contributed by atoms with E-state index in [1.165, 1.54) is 6.07 Å². The molecule has 0 spiro atoms. The molecule has 0 aliphatic carbocycles. The van der Waals surface area contributed by atoms with Crippen molar-refractivity contribution in [3.63, 3.8) is 0 Å². The predicted molar refractivity (Wildman–Crippen MR) is 58.8 cm³/mol. The minimum Gasteiger partial charge on any atom is -0.493 e. The molecule has 15 heavy (non-hydrogen) atoms. The van der Waals surface area contributed by atoms with E-state index in [2.05, 4.69) is 20.8 Å². The molecule has 0 aromatic heterocycles. The summed E-state index contributed by atoms with van der Waals surface area (Å²) in [5, 5.41) is 0. The number of halogens is 1. The maximum absolute atomic E-state index is 13.7. The third-order valence-electron chi connectivity index (χ3n) is 2.58. The van der Waals surface area contributed by atoms with Crippen molar-refractivity contribution < 1.29 is 9.13 Å². The van der Waals surface area contributed by atoms with Crippen LogP contribution in [-0.4, -0.2) is 6.61 Å². The molecule has 1 nitrogen and oxygen atoms in total. The molecule has 0 saturated heterocycles. The van der Waals surface area contributed by atoms with Crippen molar-refractivity contribution in [3.8, 4) is 5.75 Å². The van der Waals surface area contributed by atoms with E-state index in [4.69, 9.17) is 4.74 Å². The molecule has 0 amide bonds. The Labute approximate surface area is 90.3 Å². The summed E-state index contributed by atoms with van der Waals surface area (Å²) < 4.78 is 19.0. The van der Waals surface area contributed by atoms with Crippen LogP contribution in [0, 0.1) is 11.2 Å². The van der Waals surface area contributed by atoms with Gasteiger partial charge in [0.2, 0.25) is 0 Å². The number of benzene rings is 1. The SMILES string of the molecule is CC(C)(C)Cc1cc2c(cc1F)OCC2. The second kappa shape index (κ2) is 3.51. The molecule has 0 atom stereocenters. The first-order valence-electron chi connectivity index (χ1n) is 5.40. The van der Waals surface area contributed by atoms with Crippen molar-refractivity contribution in [1.82, 2.24) is 0 Å². The van der Waals surface area contributed by atoms with E-state index in [1.54, 1.807) is 0 Å². The summed E-state index contributed by atoms with van der Waals surface area (Å²) in [7, 11) is 0. The fourth-order valence-corrected chi connectivity index (χ4v) is 1.96. The normalized spacial score (nSPS) is 14.9. The van der Waals surface area contributed by atoms with Crippen molar-refractivity contribution in [2.24, 2.45) is 5.41 Å². The maximum Gasteiger partial charge on any atom is 0.130 e. The molecule has 1 aliphatic heterocycles. The first-order chi connectivity index (χ1) is 6.96. The topological polar surface area (TPSA) is 9.23 Å². The molecule has 0 N–H and O–H groups in total. The Morgan fingerprint density at radius 2 is 2.07 bits per heavy atom. The average Bonchev–Trinajstić information content (AvgIpc) is 2.49. The lowest BCUT2D eigenvalue weighted by atomic mass is 9.87. The van der Waals surface area contributed by atoms with Crippen LogP contribution in [0.2, 0.25) is 0 Å². The molecule has 0 unspecified atom stereocenters. The van der Waals surface area contributed by atoms with Crippen molar-refractivity contribution in [2.75, 3.05) is 6.61 Å². The lowest BCUT2D eigenvalue weighted by Gasteiger charge is -2.19. The minimum absolute atomic E-state index is 0.120. The Kier molecular flexibility index (Phi) is 2.45. The molecule has 1 aromatic rings. The largest absolute Gasteiger partial charge is 0.493 e. The summed E-state index contributed by atoms with van der Waals surface area (Å²) in [5.41, 5.74) is 2.08. The number of hydrogen-bond acceptors (Lipinski definition) is 1. The van der Waals surface area contributed by atoms with E-state index in [0.29, 0.717) is 6.61 Å². The molecule has 0 bridgehead atoms. The third kappa shape index (κ3) is 2.31. The van der Waals surface area contributed by atoms with Crippen molar-refractivity contribution in [2.45, 2.75) is 33.6 Å². The fourth-order valence-electron chi connectivity index (χ4n) is 1.96. The van der Waals surface area contributed by atoms with E-state index < -0.39 is 0 Å². The van der Waals surface area contributed by atoms with E-state index in [1.807, 2.05) is 6.07 Å². The van der Waals surface area contributed by atoms with Gasteiger partial charge in [0.15, 0.2) is 0 Å². The zero-order chi connectivity index (χ0) is 11.1. The van der Waals surface area contributed by atoms with Crippen LogP contribution in [0.3, 0.4) is 0 Å². The lowest BCUT2D eigenvalue weighted by molar-refractivity contribution is 0.354. The van der Waals surface area contributed by atoms with E-state index in [9.17, 15) is 4.39 Å². The van der Waals surface area contributed by atoms with Gasteiger partial charge in [-0.1, -0.05) is 20.8 Å². The van der Waals surface area contributed by atoms with E-state index in [0.717, 1.165) is 29.7 Å². The lowest BCUT2D eigenvalue weighted by Crippen LogP contribution is -2.10. The third-order valence-corrected chi connectivity index (χ3v) is 2.58. The molecule has 1 aromatic carbocycles. The van der Waals surface area contributed by atoms with Crippen LogP contribution in [0.15, 0.2) is 12.1 Å². The summed E-state index contributed by atoms with van der Waals surface area (Å²) in [5.74, 6) is 0.593. The van der Waals surface area contributed by atoms with Crippen LogP contribution in [0.25, 0.3) is 0 Å². The van der Waals surface area contributed by atoms with Gasteiger partial charge in [0.05, 0.1) is 6.61 Å². The van der Waals surface area contributed by atoms with Gasteiger partial charge in [-0.25, -0.2) is 4.39 Å². The highest BCUT2D eigenvalue weighted by Crippen LogP contribution is 2.31. The van der Waals surface area contributed by atoms with Gasteiger partial charge in [0, 0.05) is 12.5 Å². The zero-order valence-corrected chi connectivity index (χ0v) is 9.56. The van der Waals surface area contributed by atoms with Gasteiger partial charge in [-0.05, 0) is 29.0 Å². The highest BCUT2D eigenvalue weighted by atomic mass is 19.1. The van der Waals surface area contributed by atoms with Crippen LogP contribution in [-0.2, 0) is 12.8 Å². The van der Waals surface area contributed by atoms with Gasteiger partial charge in [-0.3, -0.25) is 0 Å². The number of ether oxygens (including phenoxy) is 1. The Bertz CT molecular complexity index is 377. The molecular weight excluding hydrogens is 191 g/mol. The molecule has 0 saturated carbocycles. The molecule has 2 heteroatoms. The highest BCUT2D eigenvalue weighted by Gasteiger charge is 2.19. The van der Waals surface area contributed by atoms with Gasteiger partial charge in [0.25, 0.3) is 0 Å². The first kappa shape index (κ1) is 10.5. The smallest absolute Gasteiger partial charge is 0.130 e. The molecule has 82 valence electrons. The van der Waals surface area contributed by atoms with E-state index in [-0.39, 0.29) is 11.2 Å². The summed E-state index contributed by atoms with van der Waals surface area (Å²) in [6.45, 7) is 7.05. The molecular formula is C13H17FO. The van der Waals surface area contributed by atoms with Crippen LogP contribution in [0.4, 0.5) is 4.39 Å². The zero-order valence-electron chi connectivity index (χ0n) is 9.56. The summed E-state index contributed by atoms with van der Waals surface area (Å²) in [6.07, 6.45) is 1.68. The van der Waals surface area contributed by atoms with Crippen LogP contribution in [0.5, 0.6) is 5.75 Å². The Morgan fingerprint density at radius 3 is 2.73 bits per heavy atom. The molecule has 1 aliphatic rings. The van der Waals surface area contributed by atoms with Gasteiger partial charge in [0.1, 0.15) is 11.6 Å². The number of hydrogen-bond donors (Lipinski definition) is 0. The summed E-state index contributed by atoms with van der Waals surface area (Å²) in [6, 6.07) is 3.49. The Morgan fingerprint density at radius 1 is 1.33 bits per heavy atom. The van der Waals surface area contributed by atoms with Crippen LogP contribution in [0.1, 0.15) is 31.9 Å². The van der Waals surface area contributed by atoms with Gasteiger partial charge in [-0.2, -0.15) is 0 Å². The van der Waals surface area contributed by atoms with Crippen LogP contribution >= 0.6 is 0 Å². The quantitative estimate of drug-likeness (QED) is 0.687. The minimum atomic E-state index is -0.134. The number of rotatable bonds is 1. The molecule has 1 heterocycles. The standard InChI is InChI=1S/C13H17FO/c1-13(2,3)8-10-6-9-4-5-15-12(9)7-11(10)14/h6-7H,4-5,8H2,1-3H3. The highest BCUT2D eigenvalue weighted by molar-refractivity contribution is 5.41. The predicted octanol–water partition coefficient (Wildman–Crippen LogP) is 3.35.